The predicted octanol–water partition coefficient (Wildman–Crippen LogP) is 1.84. The molecule has 0 atom stereocenters. The molecule has 23 heavy (non-hydrogen) atoms. The van der Waals surface area contributed by atoms with Gasteiger partial charge >= 0.3 is 0 Å². The Bertz CT molecular complexity index is 615. The average Bonchev–Trinajstić information content (AvgIpc) is 2.59. The molecule has 5 heteroatoms. The van der Waals surface area contributed by atoms with Gasteiger partial charge in [-0.2, -0.15) is 0 Å². The normalized spacial score (nSPS) is 10.1. The lowest BCUT2D eigenvalue weighted by molar-refractivity contribution is -0.129. The number of carbonyl (C=O) groups is 2. The molecule has 0 aliphatic rings. The Morgan fingerprint density at radius 1 is 0.870 bits per heavy atom. The van der Waals surface area contributed by atoms with Crippen LogP contribution in [0, 0.1) is 0 Å². The van der Waals surface area contributed by atoms with Gasteiger partial charge in [0.2, 0.25) is 11.8 Å². The summed E-state index contributed by atoms with van der Waals surface area (Å²) in [5, 5.41) is 5.49. The summed E-state index contributed by atoms with van der Waals surface area (Å²) in [5.74, 6) is -0.521. The summed E-state index contributed by atoms with van der Waals surface area (Å²) >= 11 is 0. The first-order valence-electron chi connectivity index (χ1n) is 7.70. The van der Waals surface area contributed by atoms with Crippen molar-refractivity contribution in [2.75, 3.05) is 6.54 Å². The van der Waals surface area contributed by atoms with E-state index < -0.39 is 0 Å². The maximum atomic E-state index is 11.7. The number of nitrogens with zero attached hydrogens (tertiary/aromatic N) is 1. The van der Waals surface area contributed by atoms with Crippen molar-refractivity contribution in [3.63, 3.8) is 0 Å². The summed E-state index contributed by atoms with van der Waals surface area (Å²) in [6, 6.07) is 13.8. The van der Waals surface area contributed by atoms with Crippen LogP contribution in [0.5, 0.6) is 0 Å². The molecule has 0 fully saturated rings. The molecule has 0 unspecified atom stereocenters. The summed E-state index contributed by atoms with van der Waals surface area (Å²) in [6.07, 6.45) is 4.96. The summed E-state index contributed by atoms with van der Waals surface area (Å²) in [4.78, 5) is 27.3. The van der Waals surface area contributed by atoms with Crippen LogP contribution in [-0.4, -0.2) is 23.3 Å². The smallest absolute Gasteiger partial charge is 0.229 e. The maximum Gasteiger partial charge on any atom is 0.229 e. The Hall–Kier alpha value is -2.69. The van der Waals surface area contributed by atoms with Crippen molar-refractivity contribution < 1.29 is 9.59 Å². The van der Waals surface area contributed by atoms with Gasteiger partial charge in [0.1, 0.15) is 6.42 Å². The van der Waals surface area contributed by atoms with Gasteiger partial charge in [0.05, 0.1) is 0 Å². The van der Waals surface area contributed by atoms with Crippen LogP contribution < -0.4 is 10.6 Å². The van der Waals surface area contributed by atoms with Gasteiger partial charge < -0.3 is 10.6 Å². The molecule has 2 amide bonds. The minimum absolute atomic E-state index is 0.142. The molecule has 0 saturated heterocycles. The quantitative estimate of drug-likeness (QED) is 0.577. The van der Waals surface area contributed by atoms with Gasteiger partial charge in [-0.15, -0.1) is 0 Å². The number of nitrogens with one attached hydrogen (secondary N) is 2. The van der Waals surface area contributed by atoms with Gasteiger partial charge in [-0.3, -0.25) is 14.6 Å². The number of hydrogen-bond acceptors (Lipinski definition) is 3. The Morgan fingerprint density at radius 3 is 2.30 bits per heavy atom. The lowest BCUT2D eigenvalue weighted by Gasteiger charge is -2.07. The number of aryl methyl sites for hydroxylation is 1. The largest absolute Gasteiger partial charge is 0.356 e. The maximum absolute atomic E-state index is 11.7. The molecular weight excluding hydrogens is 290 g/mol. The highest BCUT2D eigenvalue weighted by atomic mass is 16.2. The van der Waals surface area contributed by atoms with Crippen LogP contribution in [-0.2, 0) is 22.6 Å². The second-order valence-corrected chi connectivity index (χ2v) is 5.25. The molecule has 1 aromatic heterocycles. The van der Waals surface area contributed by atoms with Crippen molar-refractivity contribution >= 4 is 11.8 Å². The summed E-state index contributed by atoms with van der Waals surface area (Å²) in [7, 11) is 0. The summed E-state index contributed by atoms with van der Waals surface area (Å²) in [6.45, 7) is 0.980. The molecule has 0 saturated carbocycles. The van der Waals surface area contributed by atoms with Crippen LogP contribution in [0.1, 0.15) is 24.0 Å². The molecule has 2 aromatic rings. The van der Waals surface area contributed by atoms with Crippen molar-refractivity contribution in [2.24, 2.45) is 0 Å². The van der Waals surface area contributed by atoms with E-state index in [1.807, 2.05) is 30.3 Å². The third-order valence-electron chi connectivity index (χ3n) is 3.37. The van der Waals surface area contributed by atoms with Gasteiger partial charge in [-0.1, -0.05) is 30.3 Å². The van der Waals surface area contributed by atoms with Crippen molar-refractivity contribution in [1.29, 1.82) is 0 Å². The first-order valence-corrected chi connectivity index (χ1v) is 7.70. The predicted molar refractivity (Wildman–Crippen MR) is 88.5 cm³/mol. The zero-order valence-electron chi connectivity index (χ0n) is 13.0. The van der Waals surface area contributed by atoms with Crippen LogP contribution in [0.4, 0.5) is 0 Å². The van der Waals surface area contributed by atoms with Crippen LogP contribution in [0.25, 0.3) is 0 Å². The monoisotopic (exact) mass is 311 g/mol. The topological polar surface area (TPSA) is 71.1 Å². The van der Waals surface area contributed by atoms with Crippen LogP contribution in [0.15, 0.2) is 54.9 Å². The van der Waals surface area contributed by atoms with Crippen LogP contribution in [0.3, 0.4) is 0 Å². The van der Waals surface area contributed by atoms with Crippen molar-refractivity contribution in [3.05, 3.63) is 66.0 Å². The molecule has 1 heterocycles. The first kappa shape index (κ1) is 16.7. The number of amides is 2. The molecule has 120 valence electrons. The average molecular weight is 311 g/mol. The number of carbonyl (C=O) groups excluding carboxylic acids is 2. The third-order valence-corrected chi connectivity index (χ3v) is 3.37. The minimum atomic E-state index is -0.276. The lowest BCUT2D eigenvalue weighted by Crippen LogP contribution is -2.32. The fourth-order valence-electron chi connectivity index (χ4n) is 2.14. The molecule has 0 bridgehead atoms. The van der Waals surface area contributed by atoms with Crippen molar-refractivity contribution in [2.45, 2.75) is 25.8 Å². The SMILES string of the molecule is O=C(CC(=O)NCc1ccncc1)NCCCc1ccccc1. The summed E-state index contributed by atoms with van der Waals surface area (Å²) < 4.78 is 0. The highest BCUT2D eigenvalue weighted by molar-refractivity contribution is 5.96. The zero-order valence-corrected chi connectivity index (χ0v) is 13.0. The number of hydrogen-bond donors (Lipinski definition) is 2. The van der Waals surface area contributed by atoms with E-state index in [2.05, 4.69) is 27.8 Å². The molecule has 0 radical (unpaired) electrons. The Kier molecular flexibility index (Phi) is 6.78. The number of aromatic nitrogens is 1. The molecular formula is C18H21N3O2. The molecule has 5 nitrogen and oxygen atoms in total. The van der Waals surface area contributed by atoms with Gasteiger partial charge in [0, 0.05) is 25.5 Å². The highest BCUT2D eigenvalue weighted by Gasteiger charge is 2.08. The van der Waals surface area contributed by atoms with E-state index in [0.717, 1.165) is 18.4 Å². The fourth-order valence-corrected chi connectivity index (χ4v) is 2.14. The van der Waals surface area contributed by atoms with E-state index in [4.69, 9.17) is 0 Å². The number of rotatable bonds is 8. The Balaban J connectivity index is 1.58. The fraction of sp³-hybridized carbons (Fsp3) is 0.278. The molecule has 0 aliphatic heterocycles. The molecule has 0 spiro atoms. The van der Waals surface area contributed by atoms with E-state index in [1.165, 1.54) is 5.56 Å². The standard InChI is InChI=1S/C18H21N3O2/c22-17(20-10-4-7-15-5-2-1-3-6-15)13-18(23)21-14-16-8-11-19-12-9-16/h1-3,5-6,8-9,11-12H,4,7,10,13-14H2,(H,20,22)(H,21,23). The summed E-state index contributed by atoms with van der Waals surface area (Å²) in [5.41, 5.74) is 2.20. The van der Waals surface area contributed by atoms with E-state index in [1.54, 1.807) is 12.4 Å². The van der Waals surface area contributed by atoms with Crippen molar-refractivity contribution in [1.82, 2.24) is 15.6 Å². The Labute approximate surface area is 136 Å². The number of pyridine rings is 1. The van der Waals surface area contributed by atoms with Crippen molar-refractivity contribution in [3.8, 4) is 0 Å². The van der Waals surface area contributed by atoms with Gasteiger partial charge in [0.15, 0.2) is 0 Å². The molecule has 1 aromatic carbocycles. The van der Waals surface area contributed by atoms with E-state index in [-0.39, 0.29) is 18.2 Å². The number of benzene rings is 1. The molecule has 2 rings (SSSR count). The van der Waals surface area contributed by atoms with Gasteiger partial charge in [0.25, 0.3) is 0 Å². The molecule has 0 aliphatic carbocycles. The van der Waals surface area contributed by atoms with E-state index in [0.29, 0.717) is 13.1 Å². The van der Waals surface area contributed by atoms with E-state index >= 15 is 0 Å². The highest BCUT2D eigenvalue weighted by Crippen LogP contribution is 2.01. The van der Waals surface area contributed by atoms with E-state index in [9.17, 15) is 9.59 Å². The minimum Gasteiger partial charge on any atom is -0.356 e. The molecule has 2 N–H and O–H groups in total. The zero-order chi connectivity index (χ0) is 16.3. The van der Waals surface area contributed by atoms with Gasteiger partial charge in [-0.05, 0) is 36.1 Å². The van der Waals surface area contributed by atoms with Crippen LogP contribution in [0.2, 0.25) is 0 Å². The second-order valence-electron chi connectivity index (χ2n) is 5.25. The Morgan fingerprint density at radius 2 is 1.57 bits per heavy atom. The third kappa shape index (κ3) is 6.74. The lowest BCUT2D eigenvalue weighted by atomic mass is 10.1. The second kappa shape index (κ2) is 9.35. The van der Waals surface area contributed by atoms with Crippen LogP contribution >= 0.6 is 0 Å². The van der Waals surface area contributed by atoms with Gasteiger partial charge in [-0.25, -0.2) is 0 Å². The first-order chi connectivity index (χ1) is 11.2.